The molecule has 0 saturated heterocycles. The molecule has 1 aliphatic rings. The van der Waals surface area contributed by atoms with Gasteiger partial charge in [-0.05, 0) is 44.9 Å². The van der Waals surface area contributed by atoms with Gasteiger partial charge in [-0.3, -0.25) is 9.59 Å². The molecule has 0 spiro atoms. The third kappa shape index (κ3) is 8.96. The first-order valence-electron chi connectivity index (χ1n) is 11.2. The molecule has 0 bridgehead atoms. The van der Waals surface area contributed by atoms with Crippen LogP contribution in [0.5, 0.6) is 0 Å². The van der Waals surface area contributed by atoms with Gasteiger partial charge in [0, 0.05) is 5.54 Å². The summed E-state index contributed by atoms with van der Waals surface area (Å²) in [6.45, 7) is 14.9. The molecule has 1 aliphatic carbocycles. The van der Waals surface area contributed by atoms with E-state index in [4.69, 9.17) is 5.26 Å². The van der Waals surface area contributed by atoms with E-state index < -0.39 is 32.0 Å². The van der Waals surface area contributed by atoms with E-state index in [1.165, 1.54) is 25.1 Å². The maximum absolute atomic E-state index is 12.4. The molecule has 1 aromatic carbocycles. The van der Waals surface area contributed by atoms with Crippen molar-refractivity contribution in [2.75, 3.05) is 5.32 Å². The minimum absolute atomic E-state index is 0.103. The van der Waals surface area contributed by atoms with Crippen LogP contribution in [-0.4, -0.2) is 52.0 Å². The molecule has 196 valence electrons. The summed E-state index contributed by atoms with van der Waals surface area (Å²) < 4.78 is 24.1. The van der Waals surface area contributed by atoms with Crippen molar-refractivity contribution in [2.24, 2.45) is 23.2 Å². The summed E-state index contributed by atoms with van der Waals surface area (Å²) >= 11 is -4.92. The van der Waals surface area contributed by atoms with Gasteiger partial charge in [-0.15, -0.1) is 6.58 Å². The molecule has 5 N–H and O–H groups in total. The summed E-state index contributed by atoms with van der Waals surface area (Å²) in [5.41, 5.74) is -0.329. The van der Waals surface area contributed by atoms with Gasteiger partial charge < -0.3 is 10.4 Å². The molecule has 11 heteroatoms. The molecule has 1 fully saturated rings. The number of carbonyl (C=O) groups is 3. The van der Waals surface area contributed by atoms with Gasteiger partial charge in [0.25, 0.3) is 0 Å². The van der Waals surface area contributed by atoms with Gasteiger partial charge in [-0.25, -0.2) is 0 Å². The van der Waals surface area contributed by atoms with Gasteiger partial charge in [0.05, 0.1) is 11.8 Å². The molecule has 2 rings (SSSR count). The second kappa shape index (κ2) is 12.0. The molecule has 0 aromatic heterocycles. The van der Waals surface area contributed by atoms with E-state index in [2.05, 4.69) is 21.1 Å². The average Bonchev–Trinajstić information content (AvgIpc) is 2.72. The number of rotatable bonds is 6. The van der Waals surface area contributed by atoms with Crippen LogP contribution < -0.4 is 15.0 Å². The number of hydrogen-bond donors (Lipinski definition) is 5. The average molecular weight is 556 g/mol. The molecule has 0 heterocycles. The third-order valence-corrected chi connectivity index (χ3v) is 8.37. The number of benzene rings is 1. The molecule has 0 radical (unpaired) electrons. The number of nitrogens with one attached hydrogen (secondary N) is 2. The number of carboxylic acids is 1. The van der Waals surface area contributed by atoms with E-state index >= 15 is 0 Å². The Morgan fingerprint density at radius 1 is 1.20 bits per heavy atom. The molecule has 4 unspecified atom stereocenters. The zero-order valence-electron chi connectivity index (χ0n) is 21.1. The monoisotopic (exact) mass is 556 g/mol. The number of carbonyl (C=O) groups excluding carboxylic acids is 2. The van der Waals surface area contributed by atoms with Crippen LogP contribution in [-0.2, 0) is 22.0 Å². The molecular weight excluding hydrogens is 519 g/mol. The summed E-state index contributed by atoms with van der Waals surface area (Å²) in [6, 6.07) is 5.84. The fourth-order valence-corrected chi connectivity index (χ4v) is 5.78. The van der Waals surface area contributed by atoms with Gasteiger partial charge in [-0.2, -0.15) is 0 Å². The Hall–Kier alpha value is -2.39. The van der Waals surface area contributed by atoms with Gasteiger partial charge in [-0.1, -0.05) is 19.9 Å². The zero-order valence-corrected chi connectivity index (χ0v) is 22.9. The number of anilines is 1. The van der Waals surface area contributed by atoms with Gasteiger partial charge >= 0.3 is 94.4 Å². The molecule has 1 saturated carbocycles. The summed E-state index contributed by atoms with van der Waals surface area (Å²) in [7, 11) is 0. The van der Waals surface area contributed by atoms with Crippen molar-refractivity contribution in [3.05, 3.63) is 36.9 Å². The van der Waals surface area contributed by atoms with E-state index in [1.807, 2.05) is 40.7 Å². The quantitative estimate of drug-likeness (QED) is 0.155. The SMILES string of the molecule is C=CC1CC(C(=O)NC(C)(C)C)C(C(=O)O)CC1(C)C.CC(=O)Nc1ccccc1[As](=O)(O)OO. The molecule has 4 atom stereocenters. The van der Waals surface area contributed by atoms with E-state index in [0.29, 0.717) is 12.8 Å². The summed E-state index contributed by atoms with van der Waals surface area (Å²) in [6.07, 6.45) is 2.91. The molecule has 35 heavy (non-hydrogen) atoms. The Kier molecular flexibility index (Phi) is 10.5. The van der Waals surface area contributed by atoms with Crippen LogP contribution in [0.15, 0.2) is 36.9 Å². The first-order valence-corrected chi connectivity index (χ1v) is 14.5. The van der Waals surface area contributed by atoms with Crippen molar-refractivity contribution in [1.82, 2.24) is 5.32 Å². The van der Waals surface area contributed by atoms with E-state index in [1.54, 1.807) is 6.07 Å². The Labute approximate surface area is 209 Å². The first-order chi connectivity index (χ1) is 15.9. The van der Waals surface area contributed by atoms with E-state index in [9.17, 15) is 27.3 Å². The summed E-state index contributed by atoms with van der Waals surface area (Å²) in [5, 5.41) is 23.0. The number of amides is 2. The van der Waals surface area contributed by atoms with Crippen LogP contribution in [0.1, 0.15) is 54.4 Å². The van der Waals surface area contributed by atoms with Crippen LogP contribution in [0.3, 0.4) is 0 Å². The Morgan fingerprint density at radius 3 is 2.23 bits per heavy atom. The molecular formula is C24H37AsN2O8. The number of aliphatic carboxylic acids is 1. The van der Waals surface area contributed by atoms with E-state index in [0.717, 1.165) is 0 Å². The van der Waals surface area contributed by atoms with Gasteiger partial charge in [0.15, 0.2) is 0 Å². The fourth-order valence-electron chi connectivity index (χ4n) is 4.10. The molecule has 1 aromatic rings. The van der Waals surface area contributed by atoms with Crippen molar-refractivity contribution in [3.63, 3.8) is 0 Å². The second-order valence-corrected chi connectivity index (χ2v) is 13.9. The Morgan fingerprint density at radius 2 is 1.77 bits per heavy atom. The van der Waals surface area contributed by atoms with Crippen molar-refractivity contribution < 1.29 is 36.5 Å². The van der Waals surface area contributed by atoms with Crippen LogP contribution in [0, 0.1) is 23.2 Å². The Bertz CT molecular complexity index is 986. The summed E-state index contributed by atoms with van der Waals surface area (Å²) in [5.74, 6) is -2.36. The van der Waals surface area contributed by atoms with Crippen molar-refractivity contribution in [2.45, 2.75) is 59.9 Å². The molecule has 0 aliphatic heterocycles. The standard InChI is InChI=1S/C16H27NO3.C8H10AsNO5/c1-7-10-8-11(13(18)17-15(2,3)4)12(14(19)20)9-16(10,5)6;1-6(11)10-8-5-3-2-4-7(8)9(12,13)15-14/h7,10-12H,1,8-9H2,2-6H3,(H,17,18)(H,19,20);2-5,14H,1H3,(H,10,11)(H,12,13). The normalized spacial score (nSPS) is 23.0. The van der Waals surface area contributed by atoms with Gasteiger partial charge in [0.1, 0.15) is 0 Å². The molecule has 2 amide bonds. The minimum atomic E-state index is -4.92. The third-order valence-electron chi connectivity index (χ3n) is 5.81. The topological polar surface area (TPSA) is 162 Å². The van der Waals surface area contributed by atoms with Gasteiger partial charge in [0.2, 0.25) is 5.91 Å². The van der Waals surface area contributed by atoms with Crippen LogP contribution in [0.4, 0.5) is 5.69 Å². The Balaban J connectivity index is 0.000000365. The number of carboxylic acid groups (broad SMARTS) is 1. The zero-order chi connectivity index (χ0) is 27.2. The first kappa shape index (κ1) is 30.6. The molecule has 10 nitrogen and oxygen atoms in total. The van der Waals surface area contributed by atoms with Crippen LogP contribution in [0.25, 0.3) is 0 Å². The predicted octanol–water partition coefficient (Wildman–Crippen LogP) is 2.54. The number of hydrogen-bond acceptors (Lipinski definition) is 6. The van der Waals surface area contributed by atoms with Crippen molar-refractivity contribution in [3.8, 4) is 0 Å². The maximum atomic E-state index is 12.4. The predicted molar refractivity (Wildman–Crippen MR) is 132 cm³/mol. The van der Waals surface area contributed by atoms with Crippen molar-refractivity contribution in [1.29, 1.82) is 0 Å². The van der Waals surface area contributed by atoms with E-state index in [-0.39, 0.29) is 38.7 Å². The second-order valence-electron chi connectivity index (χ2n) is 10.4. The summed E-state index contributed by atoms with van der Waals surface area (Å²) in [4.78, 5) is 34.7. The number of para-hydroxylation sites is 1. The fraction of sp³-hybridized carbons (Fsp3) is 0.542. The van der Waals surface area contributed by atoms with Crippen molar-refractivity contribution >= 4 is 42.0 Å². The van der Waals surface area contributed by atoms with Crippen LogP contribution >= 0.6 is 0 Å². The number of allylic oxidation sites excluding steroid dienone is 1. The van der Waals surface area contributed by atoms with Crippen LogP contribution in [0.2, 0.25) is 0 Å².